The maximum atomic E-state index is 6.64. The lowest BCUT2D eigenvalue weighted by molar-refractivity contribution is 0.224. The summed E-state index contributed by atoms with van der Waals surface area (Å²) < 4.78 is 19.9. The molecule has 4 heteroatoms. The Morgan fingerprint density at radius 2 is 0.577 bits per heavy atom. The number of benzene rings is 6. The fourth-order valence-corrected chi connectivity index (χ4v) is 9.32. The fraction of sp³-hybridized carbons (Fsp3) is 0.250. The molecule has 0 saturated heterocycles. The normalized spacial score (nSPS) is 13.0. The summed E-state index contributed by atoms with van der Waals surface area (Å²) in [4.78, 5) is 0. The molecule has 3 atom stereocenters. The first-order valence-corrected chi connectivity index (χ1v) is 19.6. The molecule has 3 nitrogen and oxygen atoms in total. The van der Waals surface area contributed by atoms with E-state index in [1.54, 1.807) is 0 Å². The molecule has 0 unspecified atom stereocenters. The second kappa shape index (κ2) is 16.2. The van der Waals surface area contributed by atoms with E-state index >= 15 is 0 Å². The minimum Gasteiger partial charge on any atom is -0.485 e. The SMILES string of the molecule is Cc1cccc(C)c1O[C@@H](C)c1cccc(P(c2cccc([C@H](C)Oc3c(C)cccc3C)c2)c2cccc([C@H](C)Oc3c(C)cccc3C)c2)c1. The molecule has 0 amide bonds. The predicted molar refractivity (Wildman–Crippen MR) is 220 cm³/mol. The minimum absolute atomic E-state index is 0.120. The van der Waals surface area contributed by atoms with E-state index in [4.69, 9.17) is 14.2 Å². The Bertz CT molecular complexity index is 1860. The van der Waals surface area contributed by atoms with E-state index in [-0.39, 0.29) is 18.3 Å². The zero-order chi connectivity index (χ0) is 36.9. The fourth-order valence-electron chi connectivity index (χ4n) is 6.89. The molecule has 0 aliphatic rings. The second-order valence-corrected chi connectivity index (χ2v) is 16.3. The highest BCUT2D eigenvalue weighted by Crippen LogP contribution is 2.38. The van der Waals surface area contributed by atoms with Crippen LogP contribution in [0.5, 0.6) is 17.2 Å². The summed E-state index contributed by atoms with van der Waals surface area (Å²) in [6.07, 6.45) is -0.359. The van der Waals surface area contributed by atoms with Gasteiger partial charge in [0.15, 0.2) is 0 Å². The Labute approximate surface area is 312 Å². The summed E-state index contributed by atoms with van der Waals surface area (Å²) in [5.41, 5.74) is 10.3. The molecule has 52 heavy (non-hydrogen) atoms. The van der Waals surface area contributed by atoms with E-state index in [0.29, 0.717) is 0 Å². The first-order valence-electron chi connectivity index (χ1n) is 18.3. The second-order valence-electron chi connectivity index (χ2n) is 14.1. The van der Waals surface area contributed by atoms with Crippen molar-refractivity contribution in [1.29, 1.82) is 0 Å². The number of hydrogen-bond donors (Lipinski definition) is 0. The topological polar surface area (TPSA) is 27.7 Å². The molecule has 0 saturated carbocycles. The Morgan fingerprint density at radius 3 is 0.827 bits per heavy atom. The molecule has 266 valence electrons. The third-order valence-corrected chi connectivity index (χ3v) is 12.3. The molecule has 0 heterocycles. The van der Waals surface area contributed by atoms with Crippen LogP contribution in [0.4, 0.5) is 0 Å². The van der Waals surface area contributed by atoms with Crippen LogP contribution >= 0.6 is 7.92 Å². The molecule has 0 aliphatic carbocycles. The first-order chi connectivity index (χ1) is 25.0. The van der Waals surface area contributed by atoms with E-state index in [2.05, 4.69) is 190 Å². The lowest BCUT2D eigenvalue weighted by atomic mass is 10.1. The van der Waals surface area contributed by atoms with E-state index < -0.39 is 7.92 Å². The number of rotatable bonds is 12. The number of ether oxygens (including phenoxy) is 3. The van der Waals surface area contributed by atoms with Crippen LogP contribution in [0.15, 0.2) is 127 Å². The zero-order valence-corrected chi connectivity index (χ0v) is 32.9. The molecular weight excluding hydrogens is 655 g/mol. The lowest BCUT2D eigenvalue weighted by Crippen LogP contribution is -2.23. The van der Waals surface area contributed by atoms with E-state index in [0.717, 1.165) is 67.3 Å². The summed E-state index contributed by atoms with van der Waals surface area (Å²) in [6, 6.07) is 45.9. The third kappa shape index (κ3) is 8.27. The number of hydrogen-bond acceptors (Lipinski definition) is 3. The maximum Gasteiger partial charge on any atom is 0.126 e. The summed E-state index contributed by atoms with van der Waals surface area (Å²) in [5.74, 6) is 2.87. The molecule has 6 aromatic rings. The Hall–Kier alpha value is -4.85. The Kier molecular flexibility index (Phi) is 11.5. The van der Waals surface area contributed by atoms with Gasteiger partial charge in [-0.3, -0.25) is 0 Å². The van der Waals surface area contributed by atoms with Crippen LogP contribution in [0.25, 0.3) is 0 Å². The van der Waals surface area contributed by atoms with Crippen LogP contribution in [0.3, 0.4) is 0 Å². The van der Waals surface area contributed by atoms with Crippen molar-refractivity contribution in [3.05, 3.63) is 177 Å². The van der Waals surface area contributed by atoms with Crippen LogP contribution in [0.1, 0.15) is 89.2 Å². The lowest BCUT2D eigenvalue weighted by Gasteiger charge is -2.25. The van der Waals surface area contributed by atoms with Crippen molar-refractivity contribution >= 4 is 23.8 Å². The van der Waals surface area contributed by atoms with Crippen LogP contribution in [0, 0.1) is 41.5 Å². The Morgan fingerprint density at radius 1 is 0.346 bits per heavy atom. The van der Waals surface area contributed by atoms with E-state index in [9.17, 15) is 0 Å². The van der Waals surface area contributed by atoms with Crippen LogP contribution in [-0.2, 0) is 0 Å². The average molecular weight is 707 g/mol. The van der Waals surface area contributed by atoms with Gasteiger partial charge in [-0.1, -0.05) is 109 Å². The molecule has 0 spiro atoms. The van der Waals surface area contributed by atoms with Gasteiger partial charge in [0, 0.05) is 0 Å². The van der Waals surface area contributed by atoms with Gasteiger partial charge in [0.05, 0.1) is 0 Å². The molecule has 0 fully saturated rings. The molecule has 6 aromatic carbocycles. The number of aryl methyl sites for hydroxylation is 6. The molecule has 6 rings (SSSR count). The summed E-state index contributed by atoms with van der Waals surface area (Å²) in [6.45, 7) is 19.1. The smallest absolute Gasteiger partial charge is 0.126 e. The highest BCUT2D eigenvalue weighted by molar-refractivity contribution is 7.79. The van der Waals surface area contributed by atoms with Crippen molar-refractivity contribution < 1.29 is 14.2 Å². The maximum absolute atomic E-state index is 6.64. The van der Waals surface area contributed by atoms with Gasteiger partial charge >= 0.3 is 0 Å². The first kappa shape index (κ1) is 36.9. The van der Waals surface area contributed by atoms with Crippen molar-refractivity contribution in [2.45, 2.75) is 80.6 Å². The largest absolute Gasteiger partial charge is 0.485 e. The molecule has 0 N–H and O–H groups in total. The van der Waals surface area contributed by atoms with Crippen molar-refractivity contribution in [3.8, 4) is 17.2 Å². The van der Waals surface area contributed by atoms with Crippen molar-refractivity contribution in [1.82, 2.24) is 0 Å². The standard InChI is InChI=1S/C48H51O3P/c1-31-16-10-17-32(2)46(31)49-37(7)40-22-13-25-43(28-40)52(44-26-14-23-41(29-44)38(8)50-47-33(3)18-11-19-34(47)4)45-27-15-24-42(30-45)39(9)51-48-35(5)20-12-21-36(48)6/h10-30,37-39H,1-9H3/t37-,38-,39-/m0/s1. The zero-order valence-electron chi connectivity index (χ0n) is 32.0. The number of para-hydroxylation sites is 3. The van der Waals surface area contributed by atoms with E-state index in [1.807, 2.05) is 0 Å². The minimum atomic E-state index is -0.951. The Balaban J connectivity index is 1.40. The van der Waals surface area contributed by atoms with Crippen molar-refractivity contribution in [2.75, 3.05) is 0 Å². The molecule has 0 radical (unpaired) electrons. The highest BCUT2D eigenvalue weighted by Gasteiger charge is 2.22. The monoisotopic (exact) mass is 706 g/mol. The average Bonchev–Trinajstić information content (AvgIpc) is 3.13. The van der Waals surface area contributed by atoms with Gasteiger partial charge in [0.2, 0.25) is 0 Å². The third-order valence-electron chi connectivity index (χ3n) is 9.90. The molecule has 0 aromatic heterocycles. The molecule has 0 aliphatic heterocycles. The van der Waals surface area contributed by atoms with Crippen LogP contribution < -0.4 is 30.1 Å². The van der Waals surface area contributed by atoms with Gasteiger partial charge < -0.3 is 14.2 Å². The highest BCUT2D eigenvalue weighted by atomic mass is 31.1. The summed E-state index contributed by atoms with van der Waals surface area (Å²) >= 11 is 0. The van der Waals surface area contributed by atoms with Crippen LogP contribution in [-0.4, -0.2) is 0 Å². The van der Waals surface area contributed by atoms with Gasteiger partial charge in [-0.25, -0.2) is 0 Å². The quantitative estimate of drug-likeness (QED) is 0.119. The van der Waals surface area contributed by atoms with Gasteiger partial charge in [0.25, 0.3) is 0 Å². The van der Waals surface area contributed by atoms with E-state index in [1.165, 1.54) is 15.9 Å². The summed E-state index contributed by atoms with van der Waals surface area (Å²) in [5, 5.41) is 3.81. The van der Waals surface area contributed by atoms with Gasteiger partial charge in [-0.15, -0.1) is 0 Å². The van der Waals surface area contributed by atoms with Crippen LogP contribution in [0.2, 0.25) is 0 Å². The molecule has 0 bridgehead atoms. The van der Waals surface area contributed by atoms with Crippen molar-refractivity contribution in [3.63, 3.8) is 0 Å². The molecular formula is C48H51O3P. The van der Waals surface area contributed by atoms with Gasteiger partial charge in [-0.05, 0) is 154 Å². The van der Waals surface area contributed by atoms with Crippen molar-refractivity contribution in [2.24, 2.45) is 0 Å². The van der Waals surface area contributed by atoms with Gasteiger partial charge in [0.1, 0.15) is 35.6 Å². The van der Waals surface area contributed by atoms with Gasteiger partial charge in [-0.2, -0.15) is 0 Å². The predicted octanol–water partition coefficient (Wildman–Crippen LogP) is 11.7. The summed E-state index contributed by atoms with van der Waals surface area (Å²) in [7, 11) is -0.951.